The third-order valence-electron chi connectivity index (χ3n) is 3.52. The quantitative estimate of drug-likeness (QED) is 0.803. The summed E-state index contributed by atoms with van der Waals surface area (Å²) < 4.78 is 2.05. The van der Waals surface area contributed by atoms with Gasteiger partial charge in [-0.05, 0) is 43.3 Å². The topological polar surface area (TPSA) is 46.4 Å². The summed E-state index contributed by atoms with van der Waals surface area (Å²) in [5.74, 6) is -0.100. The molecule has 0 aliphatic carbocycles. The molecule has 112 valence electrons. The molecule has 3 aromatic rings. The van der Waals surface area contributed by atoms with Crippen molar-refractivity contribution in [1.82, 2.24) is 14.7 Å². The highest BCUT2D eigenvalue weighted by Gasteiger charge is 2.06. The molecule has 0 atom stereocenters. The van der Waals surface area contributed by atoms with Crippen molar-refractivity contribution in [1.29, 1.82) is 0 Å². The van der Waals surface area contributed by atoms with E-state index in [0.717, 1.165) is 17.0 Å². The number of carbonyl (C=O) groups is 1. The second-order valence-electron chi connectivity index (χ2n) is 5.14. The third-order valence-corrected chi connectivity index (χ3v) is 3.77. The van der Waals surface area contributed by atoms with Crippen molar-refractivity contribution in [2.45, 2.75) is 13.3 Å². The molecule has 0 aliphatic heterocycles. The van der Waals surface area contributed by atoms with Crippen LogP contribution in [0.3, 0.4) is 0 Å². The van der Waals surface area contributed by atoms with Crippen LogP contribution in [0.5, 0.6) is 0 Å². The molecule has 3 rings (SSSR count). The molecular formula is C17H16ClN3O. The van der Waals surface area contributed by atoms with Crippen molar-refractivity contribution < 1.29 is 4.79 Å². The molecule has 0 aliphatic rings. The Morgan fingerprint density at radius 1 is 1.23 bits per heavy atom. The fourth-order valence-corrected chi connectivity index (χ4v) is 2.45. The first-order chi connectivity index (χ1) is 10.6. The first-order valence-corrected chi connectivity index (χ1v) is 7.48. The van der Waals surface area contributed by atoms with Crippen molar-refractivity contribution in [2.75, 3.05) is 6.54 Å². The summed E-state index contributed by atoms with van der Waals surface area (Å²) >= 11 is 5.81. The maximum Gasteiger partial charge on any atom is 0.251 e. The zero-order valence-corrected chi connectivity index (χ0v) is 13.0. The van der Waals surface area contributed by atoms with E-state index in [0.29, 0.717) is 23.6 Å². The van der Waals surface area contributed by atoms with Gasteiger partial charge in [0.15, 0.2) is 0 Å². The highest BCUT2D eigenvalue weighted by molar-refractivity contribution is 6.30. The SMILES string of the molecule is Cc1cccc2nc(CCNC(=O)c3ccc(Cl)cc3)cn12. The van der Waals surface area contributed by atoms with Crippen LogP contribution in [0.2, 0.25) is 5.02 Å². The van der Waals surface area contributed by atoms with Gasteiger partial charge in [0.2, 0.25) is 0 Å². The molecule has 5 heteroatoms. The Morgan fingerprint density at radius 3 is 2.73 bits per heavy atom. The molecule has 1 amide bonds. The van der Waals surface area contributed by atoms with Crippen molar-refractivity contribution in [3.63, 3.8) is 0 Å². The van der Waals surface area contributed by atoms with E-state index in [1.54, 1.807) is 24.3 Å². The van der Waals surface area contributed by atoms with Crippen LogP contribution in [0.1, 0.15) is 21.7 Å². The third kappa shape index (κ3) is 3.12. The number of carbonyl (C=O) groups excluding carboxylic acids is 1. The predicted molar refractivity (Wildman–Crippen MR) is 87.4 cm³/mol. The Balaban J connectivity index is 1.61. The van der Waals surface area contributed by atoms with E-state index in [1.165, 1.54) is 0 Å². The van der Waals surface area contributed by atoms with Gasteiger partial charge < -0.3 is 9.72 Å². The first-order valence-electron chi connectivity index (χ1n) is 7.11. The summed E-state index contributed by atoms with van der Waals surface area (Å²) in [6.07, 6.45) is 2.71. The molecule has 0 spiro atoms. The number of halogens is 1. The molecule has 1 aromatic carbocycles. The van der Waals surface area contributed by atoms with Crippen LogP contribution in [0.4, 0.5) is 0 Å². The lowest BCUT2D eigenvalue weighted by atomic mass is 10.2. The van der Waals surface area contributed by atoms with E-state index in [9.17, 15) is 4.79 Å². The lowest BCUT2D eigenvalue weighted by Gasteiger charge is -2.04. The Hall–Kier alpha value is -2.33. The number of amides is 1. The zero-order valence-electron chi connectivity index (χ0n) is 12.2. The number of aryl methyl sites for hydroxylation is 1. The smallest absolute Gasteiger partial charge is 0.251 e. The highest BCUT2D eigenvalue weighted by Crippen LogP contribution is 2.10. The highest BCUT2D eigenvalue weighted by atomic mass is 35.5. The van der Waals surface area contributed by atoms with Crippen molar-refractivity contribution in [3.05, 3.63) is 70.6 Å². The number of aromatic nitrogens is 2. The van der Waals surface area contributed by atoms with Gasteiger partial charge in [0.25, 0.3) is 5.91 Å². The molecule has 0 unspecified atom stereocenters. The van der Waals surface area contributed by atoms with Crippen LogP contribution in [0.25, 0.3) is 5.65 Å². The van der Waals surface area contributed by atoms with Crippen LogP contribution in [0, 0.1) is 6.92 Å². The number of hydrogen-bond donors (Lipinski definition) is 1. The molecule has 2 heterocycles. The minimum atomic E-state index is -0.100. The molecule has 0 saturated carbocycles. The van der Waals surface area contributed by atoms with Crippen molar-refractivity contribution in [3.8, 4) is 0 Å². The first kappa shape index (κ1) is 14.6. The monoisotopic (exact) mass is 313 g/mol. The van der Waals surface area contributed by atoms with E-state index in [2.05, 4.69) is 14.7 Å². The van der Waals surface area contributed by atoms with E-state index >= 15 is 0 Å². The Labute approximate surface area is 133 Å². The lowest BCUT2D eigenvalue weighted by Crippen LogP contribution is -2.25. The van der Waals surface area contributed by atoms with Gasteiger partial charge in [0.1, 0.15) is 5.65 Å². The Morgan fingerprint density at radius 2 is 2.00 bits per heavy atom. The van der Waals surface area contributed by atoms with E-state index in [1.807, 2.05) is 31.3 Å². The van der Waals surface area contributed by atoms with Crippen LogP contribution in [0.15, 0.2) is 48.7 Å². The lowest BCUT2D eigenvalue weighted by molar-refractivity contribution is 0.0954. The van der Waals surface area contributed by atoms with Gasteiger partial charge in [-0.3, -0.25) is 4.79 Å². The van der Waals surface area contributed by atoms with Crippen LogP contribution >= 0.6 is 11.6 Å². The summed E-state index contributed by atoms with van der Waals surface area (Å²) in [6, 6.07) is 12.9. The number of hydrogen-bond acceptors (Lipinski definition) is 2. The predicted octanol–water partition coefficient (Wildman–Crippen LogP) is 3.27. The summed E-state index contributed by atoms with van der Waals surface area (Å²) in [5.41, 5.74) is 3.64. The number of pyridine rings is 1. The Kier molecular flexibility index (Phi) is 4.11. The molecule has 0 radical (unpaired) electrons. The van der Waals surface area contributed by atoms with E-state index < -0.39 is 0 Å². The van der Waals surface area contributed by atoms with Gasteiger partial charge in [-0.2, -0.15) is 0 Å². The number of rotatable bonds is 4. The molecule has 4 nitrogen and oxygen atoms in total. The fraction of sp³-hybridized carbons (Fsp3) is 0.176. The van der Waals surface area contributed by atoms with Crippen LogP contribution < -0.4 is 5.32 Å². The van der Waals surface area contributed by atoms with E-state index in [4.69, 9.17) is 11.6 Å². The zero-order chi connectivity index (χ0) is 15.5. The summed E-state index contributed by atoms with van der Waals surface area (Å²) in [5, 5.41) is 3.52. The van der Waals surface area contributed by atoms with Gasteiger partial charge in [-0.15, -0.1) is 0 Å². The van der Waals surface area contributed by atoms with Gasteiger partial charge in [0, 0.05) is 35.4 Å². The van der Waals surface area contributed by atoms with E-state index in [-0.39, 0.29) is 5.91 Å². The molecule has 0 bridgehead atoms. The average Bonchev–Trinajstić information content (AvgIpc) is 2.92. The largest absolute Gasteiger partial charge is 0.352 e. The number of nitrogens with one attached hydrogen (secondary N) is 1. The summed E-state index contributed by atoms with van der Waals surface area (Å²) in [6.45, 7) is 2.59. The molecular weight excluding hydrogens is 298 g/mol. The number of nitrogens with zero attached hydrogens (tertiary/aromatic N) is 2. The maximum absolute atomic E-state index is 12.0. The van der Waals surface area contributed by atoms with Crippen LogP contribution in [-0.2, 0) is 6.42 Å². The summed E-state index contributed by atoms with van der Waals surface area (Å²) in [7, 11) is 0. The van der Waals surface area contributed by atoms with Crippen molar-refractivity contribution in [2.24, 2.45) is 0 Å². The normalized spacial score (nSPS) is 10.8. The molecule has 0 fully saturated rings. The molecule has 2 aromatic heterocycles. The minimum Gasteiger partial charge on any atom is -0.352 e. The maximum atomic E-state index is 12.0. The molecule has 22 heavy (non-hydrogen) atoms. The van der Waals surface area contributed by atoms with Gasteiger partial charge in [-0.1, -0.05) is 17.7 Å². The number of imidazole rings is 1. The second-order valence-corrected chi connectivity index (χ2v) is 5.58. The van der Waals surface area contributed by atoms with Gasteiger partial charge in [-0.25, -0.2) is 4.98 Å². The van der Waals surface area contributed by atoms with Gasteiger partial charge >= 0.3 is 0 Å². The molecule has 1 N–H and O–H groups in total. The number of benzene rings is 1. The van der Waals surface area contributed by atoms with Gasteiger partial charge in [0.05, 0.1) is 5.69 Å². The van der Waals surface area contributed by atoms with Crippen molar-refractivity contribution >= 4 is 23.2 Å². The Bertz CT molecular complexity index is 808. The molecule has 0 saturated heterocycles. The standard InChI is InChI=1S/C17H16ClN3O/c1-12-3-2-4-16-20-15(11-21(12)16)9-10-19-17(22)13-5-7-14(18)8-6-13/h2-8,11H,9-10H2,1H3,(H,19,22). The average molecular weight is 314 g/mol. The minimum absolute atomic E-state index is 0.100. The number of fused-ring (bicyclic) bond motifs is 1. The fourth-order valence-electron chi connectivity index (χ4n) is 2.33. The summed E-state index contributed by atoms with van der Waals surface area (Å²) in [4.78, 5) is 16.5. The second kappa shape index (κ2) is 6.20. The van der Waals surface area contributed by atoms with Crippen LogP contribution in [-0.4, -0.2) is 21.8 Å².